The fourth-order valence-corrected chi connectivity index (χ4v) is 2.51. The zero-order valence-electron chi connectivity index (χ0n) is 21.9. The summed E-state index contributed by atoms with van der Waals surface area (Å²) in [6.45, 7) is 18.1. The Balaban J connectivity index is 0. The molecule has 1 saturated carbocycles. The molecule has 0 aromatic heterocycles. The van der Waals surface area contributed by atoms with E-state index in [1.165, 1.54) is 17.7 Å². The summed E-state index contributed by atoms with van der Waals surface area (Å²) in [6, 6.07) is -0.473. The summed E-state index contributed by atoms with van der Waals surface area (Å²) in [5.41, 5.74) is -0.627. The number of nitrogens with zero attached hydrogens (tertiary/aromatic N) is 1. The molecular weight excluding hydrogens is 410 g/mol. The van der Waals surface area contributed by atoms with Gasteiger partial charge in [0.1, 0.15) is 17.7 Å². The van der Waals surface area contributed by atoms with E-state index in [-0.39, 0.29) is 18.5 Å². The molecule has 8 heteroatoms. The molecule has 2 unspecified atom stereocenters. The second-order valence-corrected chi connectivity index (χ2v) is 8.79. The van der Waals surface area contributed by atoms with Gasteiger partial charge in [-0.3, -0.25) is 14.5 Å². The molecule has 3 amide bonds. The molecule has 2 rings (SSSR count). The van der Waals surface area contributed by atoms with Gasteiger partial charge in [-0.1, -0.05) is 54.4 Å². The van der Waals surface area contributed by atoms with Gasteiger partial charge >= 0.3 is 6.09 Å². The van der Waals surface area contributed by atoms with Crippen LogP contribution in [0.3, 0.4) is 0 Å². The molecule has 2 aliphatic rings. The van der Waals surface area contributed by atoms with Crippen molar-refractivity contribution in [3.8, 4) is 0 Å². The molecule has 32 heavy (non-hydrogen) atoms. The van der Waals surface area contributed by atoms with Crippen molar-refractivity contribution in [2.75, 3.05) is 13.1 Å². The number of aliphatic hydroxyl groups excluding tert-OH is 1. The molecule has 0 bridgehead atoms. The molecule has 1 heterocycles. The first-order valence-corrected chi connectivity index (χ1v) is 12.3. The molecule has 1 aliphatic carbocycles. The van der Waals surface area contributed by atoms with Gasteiger partial charge < -0.3 is 20.5 Å². The standard InChI is InChI=1S/C16H27N3O5.2C3H8.C2H6/c1-16(2,3)24-15(23)19-8-4-5-11(19)13(21)17-9-12(20)14(22)18-10-6-7-10;2*1-3-2;1-2/h10-12,20H,4-9H2,1-3H3,(H,17,21)(H,18,22);2*3H2,1-2H3;1-2H3. The van der Waals surface area contributed by atoms with Gasteiger partial charge in [-0.2, -0.15) is 0 Å². The van der Waals surface area contributed by atoms with E-state index in [4.69, 9.17) is 4.74 Å². The summed E-state index contributed by atoms with van der Waals surface area (Å²) < 4.78 is 5.31. The molecule has 0 aromatic carbocycles. The van der Waals surface area contributed by atoms with Gasteiger partial charge in [0, 0.05) is 12.6 Å². The lowest BCUT2D eigenvalue weighted by molar-refractivity contribution is -0.130. The molecule has 8 nitrogen and oxygen atoms in total. The Bertz CT molecular complexity index is 528. The summed E-state index contributed by atoms with van der Waals surface area (Å²) >= 11 is 0. The molecule has 3 N–H and O–H groups in total. The number of nitrogens with one attached hydrogen (secondary N) is 2. The van der Waals surface area contributed by atoms with E-state index in [1.54, 1.807) is 20.8 Å². The fraction of sp³-hybridized carbons (Fsp3) is 0.875. The van der Waals surface area contributed by atoms with Crippen LogP contribution in [0.2, 0.25) is 0 Å². The topological polar surface area (TPSA) is 108 Å². The van der Waals surface area contributed by atoms with Crippen LogP contribution in [0.1, 0.15) is 101 Å². The van der Waals surface area contributed by atoms with Gasteiger partial charge in [-0.15, -0.1) is 0 Å². The summed E-state index contributed by atoms with van der Waals surface area (Å²) in [4.78, 5) is 37.5. The Labute approximate surface area is 195 Å². The van der Waals surface area contributed by atoms with Crippen LogP contribution in [0.4, 0.5) is 4.79 Å². The summed E-state index contributed by atoms with van der Waals surface area (Å²) in [5, 5.41) is 15.0. The number of likely N-dealkylation sites (tertiary alicyclic amines) is 1. The highest BCUT2D eigenvalue weighted by atomic mass is 16.6. The quantitative estimate of drug-likeness (QED) is 0.576. The van der Waals surface area contributed by atoms with Gasteiger partial charge in [-0.05, 0) is 46.5 Å². The van der Waals surface area contributed by atoms with E-state index in [0.29, 0.717) is 19.4 Å². The minimum absolute atomic E-state index is 0.153. The molecule has 2 atom stereocenters. The third-order valence-corrected chi connectivity index (χ3v) is 3.88. The van der Waals surface area contributed by atoms with Gasteiger partial charge in [-0.25, -0.2) is 4.79 Å². The van der Waals surface area contributed by atoms with Crippen LogP contribution in [0.25, 0.3) is 0 Å². The van der Waals surface area contributed by atoms with Gasteiger partial charge in [0.15, 0.2) is 0 Å². The average molecular weight is 460 g/mol. The Morgan fingerprint density at radius 3 is 1.97 bits per heavy atom. The maximum absolute atomic E-state index is 12.3. The number of aliphatic hydroxyl groups is 1. The van der Waals surface area contributed by atoms with E-state index in [0.717, 1.165) is 12.8 Å². The van der Waals surface area contributed by atoms with Crippen LogP contribution in [-0.2, 0) is 14.3 Å². The van der Waals surface area contributed by atoms with Crippen LogP contribution < -0.4 is 10.6 Å². The van der Waals surface area contributed by atoms with Crippen molar-refractivity contribution in [1.29, 1.82) is 0 Å². The van der Waals surface area contributed by atoms with Crippen LogP contribution in [-0.4, -0.2) is 64.8 Å². The van der Waals surface area contributed by atoms with E-state index < -0.39 is 29.7 Å². The summed E-state index contributed by atoms with van der Waals surface area (Å²) in [5.74, 6) is -0.857. The van der Waals surface area contributed by atoms with E-state index in [9.17, 15) is 19.5 Å². The SMILES string of the molecule is CC.CC(C)(C)OC(=O)N1CCCC1C(=O)NCC(O)C(=O)NC1CC1.CCC.CCC. The number of rotatable bonds is 5. The number of ether oxygens (including phenoxy) is 1. The van der Waals surface area contributed by atoms with E-state index >= 15 is 0 Å². The lowest BCUT2D eigenvalue weighted by Gasteiger charge is -2.28. The Hall–Kier alpha value is -1.83. The first-order valence-electron chi connectivity index (χ1n) is 12.3. The van der Waals surface area contributed by atoms with E-state index in [1.807, 2.05) is 13.8 Å². The molecule has 0 spiro atoms. The van der Waals surface area contributed by atoms with Crippen LogP contribution in [0.5, 0.6) is 0 Å². The number of amides is 3. The zero-order valence-corrected chi connectivity index (χ0v) is 21.9. The summed E-state index contributed by atoms with van der Waals surface area (Å²) in [6.07, 6.45) is 3.80. The van der Waals surface area contributed by atoms with Crippen molar-refractivity contribution in [3.05, 3.63) is 0 Å². The van der Waals surface area contributed by atoms with Crippen molar-refractivity contribution in [2.24, 2.45) is 0 Å². The fourth-order valence-electron chi connectivity index (χ4n) is 2.51. The molecular formula is C24H49N3O5. The van der Waals surface area contributed by atoms with Crippen molar-refractivity contribution in [1.82, 2.24) is 15.5 Å². The largest absolute Gasteiger partial charge is 0.444 e. The Morgan fingerprint density at radius 2 is 1.53 bits per heavy atom. The number of carbonyl (C=O) groups excluding carboxylic acids is 3. The van der Waals surface area contributed by atoms with Crippen molar-refractivity contribution < 1.29 is 24.2 Å². The third kappa shape index (κ3) is 15.1. The van der Waals surface area contributed by atoms with Gasteiger partial charge in [0.05, 0.1) is 6.54 Å². The lowest BCUT2D eigenvalue weighted by Crippen LogP contribution is -2.50. The van der Waals surface area contributed by atoms with E-state index in [2.05, 4.69) is 38.3 Å². The van der Waals surface area contributed by atoms with Crippen LogP contribution in [0, 0.1) is 0 Å². The second-order valence-electron chi connectivity index (χ2n) is 8.79. The summed E-state index contributed by atoms with van der Waals surface area (Å²) in [7, 11) is 0. The maximum Gasteiger partial charge on any atom is 0.410 e. The average Bonchev–Trinajstić information content (AvgIpc) is 3.38. The number of carbonyl (C=O) groups is 3. The highest BCUT2D eigenvalue weighted by Crippen LogP contribution is 2.21. The molecule has 190 valence electrons. The van der Waals surface area contributed by atoms with Gasteiger partial charge in [0.25, 0.3) is 5.91 Å². The lowest BCUT2D eigenvalue weighted by atomic mass is 10.2. The molecule has 1 aliphatic heterocycles. The van der Waals surface area contributed by atoms with Crippen LogP contribution >= 0.6 is 0 Å². The predicted octanol–water partition coefficient (Wildman–Crippen LogP) is 4.00. The zero-order chi connectivity index (χ0) is 25.3. The normalized spacial score (nSPS) is 17.8. The second kappa shape index (κ2) is 17.7. The molecule has 0 radical (unpaired) electrons. The van der Waals surface area contributed by atoms with Crippen molar-refractivity contribution in [3.63, 3.8) is 0 Å². The molecule has 2 fully saturated rings. The minimum atomic E-state index is -1.29. The third-order valence-electron chi connectivity index (χ3n) is 3.88. The molecule has 0 aromatic rings. The highest BCUT2D eigenvalue weighted by molar-refractivity contribution is 5.87. The number of hydrogen-bond acceptors (Lipinski definition) is 5. The maximum atomic E-state index is 12.3. The molecule has 1 saturated heterocycles. The minimum Gasteiger partial charge on any atom is -0.444 e. The first-order chi connectivity index (χ1) is 15.0. The predicted molar refractivity (Wildman–Crippen MR) is 129 cm³/mol. The van der Waals surface area contributed by atoms with Crippen molar-refractivity contribution >= 4 is 17.9 Å². The van der Waals surface area contributed by atoms with Crippen molar-refractivity contribution in [2.45, 2.75) is 125 Å². The first kappa shape index (κ1) is 32.4. The monoisotopic (exact) mass is 459 g/mol. The Kier molecular flexibility index (Phi) is 17.9. The Morgan fingerprint density at radius 1 is 1.03 bits per heavy atom. The van der Waals surface area contributed by atoms with Gasteiger partial charge in [0.2, 0.25) is 5.91 Å². The smallest absolute Gasteiger partial charge is 0.410 e. The number of hydrogen-bond donors (Lipinski definition) is 3. The van der Waals surface area contributed by atoms with Crippen LogP contribution in [0.15, 0.2) is 0 Å². The highest BCUT2D eigenvalue weighted by Gasteiger charge is 2.37.